The lowest BCUT2D eigenvalue weighted by Crippen LogP contribution is -2.45. The minimum Gasteiger partial charge on any atom is -0.393 e. The van der Waals surface area contributed by atoms with E-state index in [0.29, 0.717) is 24.8 Å². The van der Waals surface area contributed by atoms with Gasteiger partial charge in [-0.25, -0.2) is 9.97 Å². The fraction of sp³-hybridized carbons (Fsp3) is 0.560. The standard InChI is InChI=1S/C25H34N6O4/c1-16-2-3-18(14-20(16)31-10-8-25(9-11-31)34-12-13-35-25)29-24-22(23(26)33)27-15-21(30-24)28-17-4-6-19(32)7-5-17/h2-3,14-15,17,19,32H,4-13H2,1H3,(H2,26,33)(H2,28,29,30). The number of primary amides is 1. The third-order valence-corrected chi connectivity index (χ3v) is 7.21. The van der Waals surface area contributed by atoms with Crippen LogP contribution < -0.4 is 21.3 Å². The van der Waals surface area contributed by atoms with Gasteiger partial charge in [0.2, 0.25) is 0 Å². The Morgan fingerprint density at radius 1 is 1.17 bits per heavy atom. The molecule has 3 aliphatic rings. The van der Waals surface area contributed by atoms with Crippen LogP contribution in [0.1, 0.15) is 54.6 Å². The first kappa shape index (κ1) is 23.8. The Morgan fingerprint density at radius 3 is 2.57 bits per heavy atom. The third-order valence-electron chi connectivity index (χ3n) is 7.21. The molecule has 1 aromatic heterocycles. The Morgan fingerprint density at radius 2 is 1.89 bits per heavy atom. The molecule has 2 aromatic rings. The molecular weight excluding hydrogens is 448 g/mol. The second-order valence-electron chi connectivity index (χ2n) is 9.69. The van der Waals surface area contributed by atoms with Crippen molar-refractivity contribution in [3.63, 3.8) is 0 Å². The van der Waals surface area contributed by atoms with E-state index in [1.807, 2.05) is 6.07 Å². The number of nitrogens with two attached hydrogens (primary N) is 1. The molecule has 10 nitrogen and oxygen atoms in total. The quantitative estimate of drug-likeness (QED) is 0.490. The summed E-state index contributed by atoms with van der Waals surface area (Å²) in [6.07, 6.45) is 6.20. The topological polar surface area (TPSA) is 135 Å². The first-order valence-electron chi connectivity index (χ1n) is 12.4. The highest BCUT2D eigenvalue weighted by molar-refractivity contribution is 5.96. The summed E-state index contributed by atoms with van der Waals surface area (Å²) in [5.74, 6) is -0.170. The van der Waals surface area contributed by atoms with Crippen molar-refractivity contribution in [3.8, 4) is 0 Å². The van der Waals surface area contributed by atoms with Crippen LogP contribution in [-0.2, 0) is 9.47 Å². The van der Waals surface area contributed by atoms with Crippen molar-refractivity contribution in [3.05, 3.63) is 35.7 Å². The number of benzene rings is 1. The van der Waals surface area contributed by atoms with Gasteiger partial charge in [0, 0.05) is 43.3 Å². The Labute approximate surface area is 205 Å². The monoisotopic (exact) mass is 482 g/mol. The predicted molar refractivity (Wildman–Crippen MR) is 133 cm³/mol. The lowest BCUT2D eigenvalue weighted by Gasteiger charge is -2.39. The zero-order chi connectivity index (χ0) is 24.4. The van der Waals surface area contributed by atoms with Crippen molar-refractivity contribution in [2.24, 2.45) is 5.73 Å². The molecule has 10 heteroatoms. The molecule has 1 aliphatic carbocycles. The largest absolute Gasteiger partial charge is 0.393 e. The van der Waals surface area contributed by atoms with Crippen molar-refractivity contribution < 1.29 is 19.4 Å². The Hall–Kier alpha value is -2.95. The molecule has 0 unspecified atom stereocenters. The minimum atomic E-state index is -0.641. The van der Waals surface area contributed by atoms with E-state index in [0.717, 1.165) is 68.6 Å². The summed E-state index contributed by atoms with van der Waals surface area (Å²) < 4.78 is 11.7. The van der Waals surface area contributed by atoms with Crippen LogP contribution in [0, 0.1) is 6.92 Å². The van der Waals surface area contributed by atoms with Crippen LogP contribution in [0.2, 0.25) is 0 Å². The first-order valence-corrected chi connectivity index (χ1v) is 12.4. The molecule has 3 heterocycles. The second kappa shape index (κ2) is 9.96. The highest BCUT2D eigenvalue weighted by Gasteiger charge is 2.40. The number of rotatable bonds is 6. The number of hydrogen-bond donors (Lipinski definition) is 4. The molecule has 0 bridgehead atoms. The number of carbonyl (C=O) groups is 1. The average Bonchev–Trinajstić information content (AvgIpc) is 3.30. The van der Waals surface area contributed by atoms with E-state index in [4.69, 9.17) is 15.2 Å². The molecule has 3 fully saturated rings. The van der Waals surface area contributed by atoms with Crippen LogP contribution in [0.5, 0.6) is 0 Å². The Kier molecular flexibility index (Phi) is 6.77. The van der Waals surface area contributed by atoms with Gasteiger partial charge in [-0.2, -0.15) is 0 Å². The van der Waals surface area contributed by atoms with Crippen molar-refractivity contribution in [1.29, 1.82) is 0 Å². The third kappa shape index (κ3) is 5.34. The Balaban J connectivity index is 1.33. The number of nitrogens with zero attached hydrogens (tertiary/aromatic N) is 3. The summed E-state index contributed by atoms with van der Waals surface area (Å²) in [6, 6.07) is 6.29. The van der Waals surface area contributed by atoms with Crippen LogP contribution in [0.3, 0.4) is 0 Å². The van der Waals surface area contributed by atoms with E-state index in [9.17, 15) is 9.90 Å². The zero-order valence-electron chi connectivity index (χ0n) is 20.1. The van der Waals surface area contributed by atoms with Crippen LogP contribution in [0.25, 0.3) is 0 Å². The highest BCUT2D eigenvalue weighted by Crippen LogP contribution is 2.35. The first-order chi connectivity index (χ1) is 16.9. The van der Waals surface area contributed by atoms with Gasteiger partial charge in [0.05, 0.1) is 25.5 Å². The van der Waals surface area contributed by atoms with Crippen LogP contribution in [0.4, 0.5) is 23.0 Å². The van der Waals surface area contributed by atoms with Gasteiger partial charge in [-0.15, -0.1) is 0 Å². The summed E-state index contributed by atoms with van der Waals surface area (Å²) >= 11 is 0. The molecule has 2 saturated heterocycles. The molecule has 2 aliphatic heterocycles. The molecule has 35 heavy (non-hydrogen) atoms. The maximum absolute atomic E-state index is 12.0. The molecule has 188 valence electrons. The Bertz CT molecular complexity index is 1060. The number of carbonyl (C=O) groups excluding carboxylic acids is 1. The second-order valence-corrected chi connectivity index (χ2v) is 9.69. The van der Waals surface area contributed by atoms with Crippen LogP contribution in [-0.4, -0.2) is 65.2 Å². The van der Waals surface area contributed by atoms with Crippen molar-refractivity contribution >= 4 is 28.9 Å². The van der Waals surface area contributed by atoms with Crippen molar-refractivity contribution in [1.82, 2.24) is 9.97 Å². The van der Waals surface area contributed by atoms with Gasteiger partial charge in [-0.1, -0.05) is 6.07 Å². The number of aliphatic hydroxyl groups excluding tert-OH is 1. The lowest BCUT2D eigenvalue weighted by atomic mass is 9.93. The summed E-state index contributed by atoms with van der Waals surface area (Å²) in [7, 11) is 0. The number of amides is 1. The summed E-state index contributed by atoms with van der Waals surface area (Å²) in [5, 5.41) is 16.4. The maximum atomic E-state index is 12.0. The molecule has 1 spiro atoms. The molecular formula is C25H34N6O4. The number of aryl methyl sites for hydroxylation is 1. The molecule has 0 radical (unpaired) electrons. The molecule has 1 saturated carbocycles. The molecule has 1 amide bonds. The minimum absolute atomic E-state index is 0.0900. The summed E-state index contributed by atoms with van der Waals surface area (Å²) in [5.41, 5.74) is 8.75. The van der Waals surface area contributed by atoms with E-state index < -0.39 is 11.7 Å². The fourth-order valence-corrected chi connectivity index (χ4v) is 5.19. The number of aliphatic hydroxyl groups is 1. The van der Waals surface area contributed by atoms with Gasteiger partial charge in [0.1, 0.15) is 5.82 Å². The van der Waals surface area contributed by atoms with E-state index in [-0.39, 0.29) is 17.8 Å². The zero-order valence-corrected chi connectivity index (χ0v) is 20.1. The number of aromatic nitrogens is 2. The fourth-order valence-electron chi connectivity index (χ4n) is 5.19. The number of nitrogens with one attached hydrogen (secondary N) is 2. The number of hydrogen-bond acceptors (Lipinski definition) is 9. The summed E-state index contributed by atoms with van der Waals surface area (Å²) in [4.78, 5) is 23.3. The van der Waals surface area contributed by atoms with Gasteiger partial charge < -0.3 is 35.8 Å². The molecule has 5 rings (SSSR count). The normalized spacial score (nSPS) is 23.9. The van der Waals surface area contributed by atoms with E-state index in [1.54, 1.807) is 0 Å². The van der Waals surface area contributed by atoms with Gasteiger partial charge in [0.25, 0.3) is 5.91 Å². The number of anilines is 4. The lowest BCUT2D eigenvalue weighted by molar-refractivity contribution is -0.169. The number of ether oxygens (including phenoxy) is 2. The molecule has 1 aromatic carbocycles. The predicted octanol–water partition coefficient (Wildman–Crippen LogP) is 2.69. The summed E-state index contributed by atoms with van der Waals surface area (Å²) in [6.45, 7) is 5.10. The van der Waals surface area contributed by atoms with Crippen LogP contribution >= 0.6 is 0 Å². The van der Waals surface area contributed by atoms with Crippen molar-refractivity contribution in [2.75, 3.05) is 41.8 Å². The van der Waals surface area contributed by atoms with E-state index in [1.165, 1.54) is 6.20 Å². The number of piperidine rings is 1. The van der Waals surface area contributed by atoms with E-state index in [2.05, 4.69) is 44.6 Å². The average molecular weight is 483 g/mol. The van der Waals surface area contributed by atoms with Gasteiger partial charge in [-0.3, -0.25) is 4.79 Å². The SMILES string of the molecule is Cc1ccc(Nc2nc(NC3CCC(O)CC3)cnc2C(N)=O)cc1N1CCC2(CC1)OCCO2. The van der Waals surface area contributed by atoms with Gasteiger partial charge >= 0.3 is 0 Å². The van der Waals surface area contributed by atoms with Gasteiger partial charge in [0.15, 0.2) is 17.3 Å². The van der Waals surface area contributed by atoms with Crippen LogP contribution in [0.15, 0.2) is 24.4 Å². The highest BCUT2D eigenvalue weighted by atomic mass is 16.7. The van der Waals surface area contributed by atoms with E-state index >= 15 is 0 Å². The maximum Gasteiger partial charge on any atom is 0.271 e. The van der Waals surface area contributed by atoms with Gasteiger partial charge in [-0.05, 0) is 50.3 Å². The molecule has 5 N–H and O–H groups in total. The smallest absolute Gasteiger partial charge is 0.271 e. The van der Waals surface area contributed by atoms with Crippen molar-refractivity contribution in [2.45, 2.75) is 63.4 Å². The molecule has 0 atom stereocenters.